The smallest absolute Gasteiger partial charge is 0.156 e. The number of halogens is 2. The number of hydrogen-bond acceptors (Lipinski definition) is 3. The predicted molar refractivity (Wildman–Crippen MR) is 74.1 cm³/mol. The van der Waals surface area contributed by atoms with Gasteiger partial charge in [-0.05, 0) is 72.3 Å². The molecule has 3 rings (SSSR count). The maximum Gasteiger partial charge on any atom is 0.156 e. The molecule has 1 N–H and O–H groups in total. The van der Waals surface area contributed by atoms with Gasteiger partial charge in [-0.15, -0.1) is 0 Å². The summed E-state index contributed by atoms with van der Waals surface area (Å²) in [6.07, 6.45) is 5.75. The molecule has 2 fully saturated rings. The first-order valence-electron chi connectivity index (χ1n) is 6.81. The maximum absolute atomic E-state index is 13.4. The molecule has 104 valence electrons. The van der Waals surface area contributed by atoms with E-state index in [2.05, 4.69) is 25.8 Å². The van der Waals surface area contributed by atoms with Crippen LogP contribution in [0.2, 0.25) is 0 Å². The first-order valence-corrected chi connectivity index (χ1v) is 7.61. The van der Waals surface area contributed by atoms with Crippen LogP contribution >= 0.6 is 15.9 Å². The molecule has 0 amide bonds. The van der Waals surface area contributed by atoms with Crippen molar-refractivity contribution < 1.29 is 9.50 Å². The number of aromatic nitrogens is 1. The quantitative estimate of drug-likeness (QED) is 0.867. The van der Waals surface area contributed by atoms with E-state index in [0.717, 1.165) is 50.9 Å². The van der Waals surface area contributed by atoms with Gasteiger partial charge in [0.2, 0.25) is 0 Å². The first-order chi connectivity index (χ1) is 9.07. The van der Waals surface area contributed by atoms with Gasteiger partial charge in [-0.3, -0.25) is 4.90 Å². The topological polar surface area (TPSA) is 36.4 Å². The van der Waals surface area contributed by atoms with Crippen molar-refractivity contribution in [1.82, 2.24) is 9.88 Å². The fourth-order valence-electron chi connectivity index (χ4n) is 2.97. The van der Waals surface area contributed by atoms with Gasteiger partial charge < -0.3 is 5.11 Å². The SMILES string of the molecule is OC1(C2CCN(Cc3cnc(Br)c(F)c3)CC2)CC1. The van der Waals surface area contributed by atoms with Crippen molar-refractivity contribution >= 4 is 15.9 Å². The van der Waals surface area contributed by atoms with E-state index in [0.29, 0.717) is 5.92 Å². The second-order valence-electron chi connectivity index (χ2n) is 5.77. The minimum Gasteiger partial charge on any atom is -0.390 e. The second-order valence-corrected chi connectivity index (χ2v) is 6.52. The third-order valence-electron chi connectivity index (χ3n) is 4.37. The van der Waals surface area contributed by atoms with E-state index < -0.39 is 0 Å². The Morgan fingerprint density at radius 1 is 1.42 bits per heavy atom. The molecule has 0 spiro atoms. The minimum atomic E-state index is -0.350. The number of likely N-dealkylation sites (tertiary alicyclic amines) is 1. The van der Waals surface area contributed by atoms with Crippen LogP contribution in [0, 0.1) is 11.7 Å². The van der Waals surface area contributed by atoms with Gasteiger partial charge in [-0.1, -0.05) is 0 Å². The molecule has 0 unspecified atom stereocenters. The van der Waals surface area contributed by atoms with Gasteiger partial charge in [0, 0.05) is 12.7 Å². The second kappa shape index (κ2) is 5.11. The lowest BCUT2D eigenvalue weighted by Crippen LogP contribution is -2.38. The van der Waals surface area contributed by atoms with Crippen LogP contribution in [-0.4, -0.2) is 33.7 Å². The molecule has 1 saturated carbocycles. The monoisotopic (exact) mass is 328 g/mol. The van der Waals surface area contributed by atoms with Crippen molar-refractivity contribution in [2.45, 2.75) is 37.8 Å². The molecule has 1 aromatic heterocycles. The molecule has 5 heteroatoms. The lowest BCUT2D eigenvalue weighted by atomic mass is 9.89. The highest BCUT2D eigenvalue weighted by molar-refractivity contribution is 9.10. The molecule has 0 bridgehead atoms. The molecular formula is C14H18BrFN2O. The number of nitrogens with zero attached hydrogens (tertiary/aromatic N) is 2. The predicted octanol–water partition coefficient (Wildman–Crippen LogP) is 2.72. The Bertz CT molecular complexity index is 471. The zero-order valence-electron chi connectivity index (χ0n) is 10.8. The zero-order valence-corrected chi connectivity index (χ0v) is 12.4. The normalized spacial score (nSPS) is 23.5. The summed E-state index contributed by atoms with van der Waals surface area (Å²) in [6.45, 7) is 2.69. The number of rotatable bonds is 3. The van der Waals surface area contributed by atoms with E-state index in [1.54, 1.807) is 6.20 Å². The van der Waals surface area contributed by atoms with Crippen molar-refractivity contribution in [2.75, 3.05) is 13.1 Å². The third kappa shape index (κ3) is 2.98. The molecule has 1 aromatic rings. The summed E-state index contributed by atoms with van der Waals surface area (Å²) in [5.74, 6) is 0.156. The van der Waals surface area contributed by atoms with Crippen molar-refractivity contribution in [3.63, 3.8) is 0 Å². The van der Waals surface area contributed by atoms with Gasteiger partial charge in [0.25, 0.3) is 0 Å². The van der Waals surface area contributed by atoms with Gasteiger partial charge >= 0.3 is 0 Å². The highest BCUT2D eigenvalue weighted by atomic mass is 79.9. The average molecular weight is 329 g/mol. The molecule has 2 aliphatic rings. The molecule has 0 atom stereocenters. The summed E-state index contributed by atoms with van der Waals surface area (Å²) < 4.78 is 13.7. The average Bonchev–Trinajstić information content (AvgIpc) is 3.14. The Morgan fingerprint density at radius 2 is 2.11 bits per heavy atom. The summed E-state index contributed by atoms with van der Waals surface area (Å²) in [6, 6.07) is 1.54. The van der Waals surface area contributed by atoms with E-state index in [1.807, 2.05) is 0 Å². The van der Waals surface area contributed by atoms with Gasteiger partial charge in [0.1, 0.15) is 4.60 Å². The maximum atomic E-state index is 13.4. The van der Waals surface area contributed by atoms with Gasteiger partial charge in [0.05, 0.1) is 5.60 Å². The van der Waals surface area contributed by atoms with Crippen LogP contribution in [0.15, 0.2) is 16.9 Å². The van der Waals surface area contributed by atoms with Gasteiger partial charge in [-0.2, -0.15) is 0 Å². The van der Waals surface area contributed by atoms with Crippen LogP contribution in [0.4, 0.5) is 4.39 Å². The van der Waals surface area contributed by atoms with Gasteiger partial charge in [-0.25, -0.2) is 9.37 Å². The Morgan fingerprint density at radius 3 is 2.68 bits per heavy atom. The molecule has 0 radical (unpaired) electrons. The lowest BCUT2D eigenvalue weighted by molar-refractivity contribution is 0.0375. The largest absolute Gasteiger partial charge is 0.390 e. The van der Waals surface area contributed by atoms with E-state index in [1.165, 1.54) is 6.07 Å². The van der Waals surface area contributed by atoms with Crippen LogP contribution in [0.25, 0.3) is 0 Å². The molecular weight excluding hydrogens is 311 g/mol. The van der Waals surface area contributed by atoms with Crippen LogP contribution < -0.4 is 0 Å². The van der Waals surface area contributed by atoms with Crippen LogP contribution in [0.5, 0.6) is 0 Å². The van der Waals surface area contributed by atoms with Crippen molar-refractivity contribution in [3.05, 3.63) is 28.2 Å². The highest BCUT2D eigenvalue weighted by Gasteiger charge is 2.47. The number of hydrogen-bond donors (Lipinski definition) is 1. The summed E-state index contributed by atoms with van der Waals surface area (Å²) in [5, 5.41) is 10.1. The highest BCUT2D eigenvalue weighted by Crippen LogP contribution is 2.46. The van der Waals surface area contributed by atoms with Crippen molar-refractivity contribution in [2.24, 2.45) is 5.92 Å². The molecule has 3 nitrogen and oxygen atoms in total. The standard InChI is InChI=1S/C14H18BrFN2O/c15-13-12(16)7-10(8-17-13)9-18-5-1-11(2-6-18)14(19)3-4-14/h7-8,11,19H,1-6,9H2. The lowest BCUT2D eigenvalue weighted by Gasteiger charge is -2.34. The van der Waals surface area contributed by atoms with Gasteiger partial charge in [0.15, 0.2) is 5.82 Å². The molecule has 1 aliphatic carbocycles. The van der Waals surface area contributed by atoms with Crippen LogP contribution in [0.1, 0.15) is 31.2 Å². The Kier molecular flexibility index (Phi) is 3.62. The fraction of sp³-hybridized carbons (Fsp3) is 0.643. The minimum absolute atomic E-state index is 0.269. The summed E-state index contributed by atoms with van der Waals surface area (Å²) in [5.41, 5.74) is 0.557. The molecule has 2 heterocycles. The Hall–Kier alpha value is -0.520. The van der Waals surface area contributed by atoms with E-state index in [4.69, 9.17) is 0 Å². The summed E-state index contributed by atoms with van der Waals surface area (Å²) >= 11 is 3.06. The molecule has 1 aliphatic heterocycles. The number of aliphatic hydroxyl groups is 1. The molecule has 1 saturated heterocycles. The summed E-state index contributed by atoms with van der Waals surface area (Å²) in [7, 11) is 0. The molecule has 19 heavy (non-hydrogen) atoms. The third-order valence-corrected chi connectivity index (χ3v) is 4.95. The van der Waals surface area contributed by atoms with E-state index in [-0.39, 0.29) is 16.0 Å². The number of piperidine rings is 1. The van der Waals surface area contributed by atoms with E-state index in [9.17, 15) is 9.50 Å². The van der Waals surface area contributed by atoms with Crippen molar-refractivity contribution in [1.29, 1.82) is 0 Å². The summed E-state index contributed by atoms with van der Waals surface area (Å²) in [4.78, 5) is 6.30. The Balaban J connectivity index is 1.55. The van der Waals surface area contributed by atoms with Crippen LogP contribution in [0.3, 0.4) is 0 Å². The molecule has 0 aromatic carbocycles. The van der Waals surface area contributed by atoms with Crippen LogP contribution in [-0.2, 0) is 6.54 Å². The fourth-order valence-corrected chi connectivity index (χ4v) is 3.19. The number of pyridine rings is 1. The Labute approximate surface area is 121 Å². The van der Waals surface area contributed by atoms with Crippen molar-refractivity contribution in [3.8, 4) is 0 Å². The van der Waals surface area contributed by atoms with E-state index >= 15 is 0 Å². The zero-order chi connectivity index (χ0) is 13.5. The first kappa shape index (κ1) is 13.5.